The summed E-state index contributed by atoms with van der Waals surface area (Å²) >= 11 is 0. The molecule has 7 aromatic carbocycles. The molecule has 1 unspecified atom stereocenters. The van der Waals surface area contributed by atoms with E-state index < -0.39 is 0 Å². The molecule has 14 nitrogen and oxygen atoms in total. The van der Waals surface area contributed by atoms with Crippen molar-refractivity contribution in [2.24, 2.45) is 4.99 Å². The number of allylic oxidation sites excluding steroid dienone is 1. The minimum absolute atomic E-state index is 0.0780. The molecule has 0 fully saturated rings. The normalized spacial score (nSPS) is 13.6. The summed E-state index contributed by atoms with van der Waals surface area (Å²) in [4.78, 5) is 38.7. The molecule has 10 N–H and O–H groups in total. The Bertz CT molecular complexity index is 3750. The van der Waals surface area contributed by atoms with E-state index >= 15 is 0 Å². The lowest BCUT2D eigenvalue weighted by Gasteiger charge is -2.39. The zero-order chi connectivity index (χ0) is 57.3. The molecule has 1 aromatic heterocycles. The van der Waals surface area contributed by atoms with E-state index in [1.807, 2.05) is 99.0 Å². The Morgan fingerprint density at radius 3 is 1.65 bits per heavy atom. The first-order chi connectivity index (χ1) is 39.9. The third kappa shape index (κ3) is 12.4. The number of para-hydroxylation sites is 4. The Kier molecular flexibility index (Phi) is 17.5. The van der Waals surface area contributed by atoms with Crippen LogP contribution in [-0.2, 0) is 0 Å². The molecule has 14 heteroatoms. The summed E-state index contributed by atoms with van der Waals surface area (Å²) in [6.07, 6.45) is 12.4. The van der Waals surface area contributed by atoms with Crippen LogP contribution >= 0.6 is 0 Å². The summed E-state index contributed by atoms with van der Waals surface area (Å²) in [5.74, 6) is -0.158. The molecular formula is C68H77N12O2+. The van der Waals surface area contributed by atoms with Crippen LogP contribution in [0.4, 0.5) is 45.5 Å². The standard InChI is InChI=1S/C68H76N12O2/c1-43-35-57-63(39-53(43)71-5)79(61-21-13-11-19-51(61)69)65-41-55(45(3)37-59(65)77-57)73-31-15-7-9-17-33-75-67(81)49-27-23-47(24-28-49)48-25-29-50(30-26-48)68(82)76-34-18-10-8-16-32-74-56-42-66-60(38-46(56)4)78-58-36-44(2)54(72-6)40-64(58)80(66)62-22-14-12-20-52(62)70/h11-14,19-30,35-42,65,71,73H,7-10,15-18,31-34,69-70H2,1-6H3,(H3,72,74,75,76,81,82)/p+1. The topological polar surface area (TPSA) is 191 Å². The molecule has 1 atom stereocenters. The van der Waals surface area contributed by atoms with E-state index in [1.165, 1.54) is 0 Å². The SMILES string of the molecule is CNc1cc2c(cc1C)N=C1C=C(C)C(NCCCCCCNC(=O)c3ccc(-c4ccc(C(=O)NCCCCCCNc5cc6c(cc5C)nc5cc(C)c(NC)cc5[n+]6-c5ccccc5N)cc4)cc3)=CC1N2c1ccccc1N. The molecule has 0 spiro atoms. The third-order valence-electron chi connectivity index (χ3n) is 15.8. The van der Waals surface area contributed by atoms with Crippen LogP contribution < -0.4 is 52.8 Å². The first kappa shape index (κ1) is 56.1. The first-order valence-electron chi connectivity index (χ1n) is 28.9. The minimum Gasteiger partial charge on any atom is -0.397 e. The van der Waals surface area contributed by atoms with Crippen molar-refractivity contribution < 1.29 is 14.2 Å². The van der Waals surface area contributed by atoms with E-state index in [4.69, 9.17) is 21.4 Å². The molecule has 0 radical (unpaired) electrons. The van der Waals surface area contributed by atoms with Crippen LogP contribution in [0.3, 0.4) is 0 Å². The molecule has 0 bridgehead atoms. The molecule has 1 aliphatic carbocycles. The summed E-state index contributed by atoms with van der Waals surface area (Å²) in [5.41, 5.74) is 35.2. The van der Waals surface area contributed by atoms with Crippen molar-refractivity contribution in [1.82, 2.24) is 20.9 Å². The van der Waals surface area contributed by atoms with Crippen LogP contribution in [0, 0.1) is 20.8 Å². The second-order valence-electron chi connectivity index (χ2n) is 21.6. The lowest BCUT2D eigenvalue weighted by atomic mass is 9.93. The van der Waals surface area contributed by atoms with Crippen LogP contribution in [0.1, 0.15) is 95.7 Å². The number of nitrogens with two attached hydrogens (primary N) is 2. The van der Waals surface area contributed by atoms with Crippen molar-refractivity contribution in [3.8, 4) is 16.8 Å². The lowest BCUT2D eigenvalue weighted by Crippen LogP contribution is -2.41. The number of nitrogens with one attached hydrogen (secondary N) is 6. The van der Waals surface area contributed by atoms with Gasteiger partial charge in [0.1, 0.15) is 16.7 Å². The van der Waals surface area contributed by atoms with Crippen molar-refractivity contribution in [1.29, 1.82) is 0 Å². The van der Waals surface area contributed by atoms with Crippen LogP contribution in [0.15, 0.2) is 162 Å². The van der Waals surface area contributed by atoms with Gasteiger partial charge in [-0.05, 0) is 166 Å². The largest absolute Gasteiger partial charge is 0.397 e. The van der Waals surface area contributed by atoms with Crippen LogP contribution in [0.25, 0.3) is 38.9 Å². The van der Waals surface area contributed by atoms with Crippen molar-refractivity contribution in [3.05, 3.63) is 185 Å². The number of nitrogens with zero attached hydrogens (tertiary/aromatic N) is 4. The van der Waals surface area contributed by atoms with Crippen molar-refractivity contribution >= 4 is 85.1 Å². The molecule has 2 heterocycles. The number of amides is 2. The van der Waals surface area contributed by atoms with Crippen LogP contribution in [0.5, 0.6) is 0 Å². The molecule has 82 heavy (non-hydrogen) atoms. The number of hydrogen-bond donors (Lipinski definition) is 8. The first-order valence-corrected chi connectivity index (χ1v) is 28.9. The fourth-order valence-corrected chi connectivity index (χ4v) is 11.2. The van der Waals surface area contributed by atoms with Gasteiger partial charge in [0.2, 0.25) is 16.7 Å². The van der Waals surface area contributed by atoms with E-state index in [0.717, 1.165) is 177 Å². The van der Waals surface area contributed by atoms with Gasteiger partial charge in [-0.2, -0.15) is 0 Å². The molecule has 0 saturated heterocycles. The van der Waals surface area contributed by atoms with E-state index in [2.05, 4.69) is 130 Å². The van der Waals surface area contributed by atoms with E-state index in [1.54, 1.807) is 0 Å². The average molecular weight is 1090 g/mol. The quantitative estimate of drug-likeness (QED) is 0.0132. The maximum absolute atomic E-state index is 13.1. The number of unbranched alkanes of at least 4 members (excludes halogenated alkanes) is 6. The lowest BCUT2D eigenvalue weighted by molar-refractivity contribution is -0.537. The molecule has 2 amide bonds. The average Bonchev–Trinajstić information content (AvgIpc) is 3.63. The van der Waals surface area contributed by atoms with Crippen molar-refractivity contribution in [3.63, 3.8) is 0 Å². The second kappa shape index (κ2) is 25.5. The van der Waals surface area contributed by atoms with Gasteiger partial charge in [0.15, 0.2) is 0 Å². The molecule has 420 valence electrons. The van der Waals surface area contributed by atoms with Gasteiger partial charge in [0.25, 0.3) is 11.8 Å². The van der Waals surface area contributed by atoms with Gasteiger partial charge in [0.05, 0.1) is 34.5 Å². The maximum Gasteiger partial charge on any atom is 0.251 e. The van der Waals surface area contributed by atoms with Gasteiger partial charge in [-0.15, -0.1) is 4.57 Å². The third-order valence-corrected chi connectivity index (χ3v) is 15.8. The monoisotopic (exact) mass is 1090 g/mol. The number of aliphatic imine (C=N–C) groups is 1. The summed E-state index contributed by atoms with van der Waals surface area (Å²) < 4.78 is 2.22. The zero-order valence-electron chi connectivity index (χ0n) is 48.2. The number of carbonyl (C=O) groups excluding carboxylic acids is 2. The van der Waals surface area contributed by atoms with Gasteiger partial charge in [-0.25, -0.2) is 9.98 Å². The highest BCUT2D eigenvalue weighted by atomic mass is 16.2. The van der Waals surface area contributed by atoms with Crippen LogP contribution in [0.2, 0.25) is 0 Å². The van der Waals surface area contributed by atoms with Crippen molar-refractivity contribution in [2.75, 3.05) is 72.6 Å². The van der Waals surface area contributed by atoms with E-state index in [0.29, 0.717) is 29.9 Å². The zero-order valence-corrected chi connectivity index (χ0v) is 48.2. The Hall–Kier alpha value is -9.17. The fraction of sp³-hybridized carbons (Fsp3) is 0.279. The van der Waals surface area contributed by atoms with Crippen molar-refractivity contribution in [2.45, 2.75) is 85.1 Å². The smallest absolute Gasteiger partial charge is 0.251 e. The molecule has 0 saturated carbocycles. The Balaban J connectivity index is 0.622. The van der Waals surface area contributed by atoms with Crippen LogP contribution in [-0.4, -0.2) is 68.8 Å². The molecule has 8 aromatic rings. The highest BCUT2D eigenvalue weighted by Crippen LogP contribution is 2.46. The number of benzene rings is 7. The molecule has 2 aliphatic rings. The number of aryl methyl sites for hydroxylation is 3. The number of anilines is 7. The van der Waals surface area contributed by atoms with Gasteiger partial charge in [-0.1, -0.05) is 74.2 Å². The number of hydrogen-bond acceptors (Lipinski definition) is 11. The number of aromatic nitrogens is 2. The summed E-state index contributed by atoms with van der Waals surface area (Å²) in [6.45, 7) is 11.4. The highest BCUT2D eigenvalue weighted by molar-refractivity contribution is 6.11. The van der Waals surface area contributed by atoms with Gasteiger partial charge >= 0.3 is 0 Å². The fourth-order valence-electron chi connectivity index (χ4n) is 11.2. The summed E-state index contributed by atoms with van der Waals surface area (Å²) in [7, 11) is 3.88. The Morgan fingerprint density at radius 1 is 0.549 bits per heavy atom. The van der Waals surface area contributed by atoms with Gasteiger partial charge in [-0.3, -0.25) is 9.59 Å². The number of fused-ring (bicyclic) bond motifs is 4. The Morgan fingerprint density at radius 2 is 1.06 bits per heavy atom. The minimum atomic E-state index is -0.111. The molecule has 10 rings (SSSR count). The van der Waals surface area contributed by atoms with E-state index in [9.17, 15) is 9.59 Å². The van der Waals surface area contributed by atoms with E-state index in [-0.39, 0.29) is 17.9 Å². The molecule has 1 aliphatic heterocycles. The maximum atomic E-state index is 13.1. The predicted molar refractivity (Wildman–Crippen MR) is 341 cm³/mol. The Labute approximate surface area is 482 Å². The molecular weight excluding hydrogens is 1020 g/mol. The highest BCUT2D eigenvalue weighted by Gasteiger charge is 2.34. The second-order valence-corrected chi connectivity index (χ2v) is 21.6. The van der Waals surface area contributed by atoms with Gasteiger partial charge < -0.3 is 48.3 Å². The number of nitrogen functional groups attached to an aromatic ring is 2. The van der Waals surface area contributed by atoms with Gasteiger partial charge in [0, 0.05) is 92.4 Å². The number of rotatable bonds is 23. The summed E-state index contributed by atoms with van der Waals surface area (Å²) in [5, 5.41) is 20.3. The summed E-state index contributed by atoms with van der Waals surface area (Å²) in [6, 6.07) is 44.1. The number of carbonyl (C=O) groups is 2. The predicted octanol–water partition coefficient (Wildman–Crippen LogP) is 12.9.